The van der Waals surface area contributed by atoms with Gasteiger partial charge in [0.05, 0.1) is 18.0 Å². The van der Waals surface area contributed by atoms with Gasteiger partial charge in [-0.05, 0) is 19.1 Å². The number of halogens is 1. The predicted octanol–water partition coefficient (Wildman–Crippen LogP) is 2.32. The Bertz CT molecular complexity index is 591. The number of methoxy groups -OCH3 is 1. The number of hydrogen-bond acceptors (Lipinski definition) is 5. The molecular formula is C11H12ClN3O2S. The molecule has 0 unspecified atom stereocenters. The highest BCUT2D eigenvalue weighted by molar-refractivity contribution is 7.16. The first-order chi connectivity index (χ1) is 8.52. The van der Waals surface area contributed by atoms with E-state index in [1.807, 2.05) is 12.1 Å². The number of anilines is 1. The maximum absolute atomic E-state index is 11.5. The zero-order chi connectivity index (χ0) is 13.3. The molecule has 2 aromatic heterocycles. The number of esters is 1. The third kappa shape index (κ3) is 2.34. The molecule has 7 heteroatoms. The number of aromatic nitrogens is 2. The molecule has 0 bridgehead atoms. The lowest BCUT2D eigenvalue weighted by Crippen LogP contribution is -2.09. The van der Waals surface area contributed by atoms with Gasteiger partial charge in [-0.2, -0.15) is 0 Å². The van der Waals surface area contributed by atoms with Crippen LogP contribution in [-0.4, -0.2) is 22.6 Å². The molecule has 5 nitrogen and oxygen atoms in total. The first-order valence-corrected chi connectivity index (χ1v) is 6.37. The van der Waals surface area contributed by atoms with Crippen LogP contribution in [0.5, 0.6) is 0 Å². The van der Waals surface area contributed by atoms with Crippen LogP contribution < -0.4 is 5.73 Å². The molecule has 0 amide bonds. The van der Waals surface area contributed by atoms with Crippen LogP contribution in [0.4, 0.5) is 5.82 Å². The van der Waals surface area contributed by atoms with Gasteiger partial charge in [-0.25, -0.2) is 9.78 Å². The van der Waals surface area contributed by atoms with E-state index in [4.69, 9.17) is 17.3 Å². The Labute approximate surface area is 113 Å². The van der Waals surface area contributed by atoms with Crippen molar-refractivity contribution in [1.29, 1.82) is 0 Å². The minimum Gasteiger partial charge on any atom is -0.464 e. The van der Waals surface area contributed by atoms with Crippen molar-refractivity contribution < 1.29 is 9.53 Å². The number of carbonyl (C=O) groups is 1. The number of nitrogen functional groups attached to an aromatic ring is 1. The maximum Gasteiger partial charge on any atom is 0.360 e. The predicted molar refractivity (Wildman–Crippen MR) is 71.1 cm³/mol. The first kappa shape index (κ1) is 12.9. The van der Waals surface area contributed by atoms with E-state index in [1.165, 1.54) is 18.4 Å². The summed E-state index contributed by atoms with van der Waals surface area (Å²) in [5, 5.41) is 0. The molecule has 0 fully saturated rings. The summed E-state index contributed by atoms with van der Waals surface area (Å²) in [5.41, 5.74) is 6.06. The Balaban J connectivity index is 2.34. The van der Waals surface area contributed by atoms with E-state index in [2.05, 4.69) is 9.72 Å². The molecule has 0 aliphatic rings. The standard InChI is InChI=1S/C11H12ClN3O2S/c1-6-14-9(11(16)17-2)10(13)15(6)5-7-3-4-8(12)18-7/h3-4H,5,13H2,1-2H3. The highest BCUT2D eigenvalue weighted by Crippen LogP contribution is 2.24. The second-order valence-corrected chi connectivity index (χ2v) is 5.48. The fourth-order valence-electron chi connectivity index (χ4n) is 1.62. The van der Waals surface area contributed by atoms with Crippen molar-refractivity contribution in [2.45, 2.75) is 13.5 Å². The van der Waals surface area contributed by atoms with E-state index in [-0.39, 0.29) is 5.69 Å². The molecule has 0 aromatic carbocycles. The molecule has 18 heavy (non-hydrogen) atoms. The fraction of sp³-hybridized carbons (Fsp3) is 0.273. The van der Waals surface area contributed by atoms with Gasteiger partial charge in [0, 0.05) is 4.88 Å². The summed E-state index contributed by atoms with van der Waals surface area (Å²) in [6, 6.07) is 3.74. The van der Waals surface area contributed by atoms with Crippen LogP contribution in [0.25, 0.3) is 0 Å². The van der Waals surface area contributed by atoms with Crippen molar-refractivity contribution >= 4 is 34.7 Å². The summed E-state index contributed by atoms with van der Waals surface area (Å²) >= 11 is 7.34. The molecule has 0 radical (unpaired) electrons. The van der Waals surface area contributed by atoms with Gasteiger partial charge in [-0.1, -0.05) is 11.6 Å². The van der Waals surface area contributed by atoms with E-state index in [9.17, 15) is 4.79 Å². The Hall–Kier alpha value is -1.53. The van der Waals surface area contributed by atoms with Crippen LogP contribution >= 0.6 is 22.9 Å². The lowest BCUT2D eigenvalue weighted by atomic mass is 10.4. The zero-order valence-corrected chi connectivity index (χ0v) is 11.5. The second kappa shape index (κ2) is 4.99. The SMILES string of the molecule is COC(=O)c1nc(C)n(Cc2ccc(Cl)s2)c1N. The maximum atomic E-state index is 11.5. The van der Waals surface area contributed by atoms with E-state index in [0.29, 0.717) is 18.2 Å². The molecule has 2 aromatic rings. The van der Waals surface area contributed by atoms with Crippen LogP contribution in [0, 0.1) is 6.92 Å². The third-order valence-electron chi connectivity index (χ3n) is 2.52. The van der Waals surface area contributed by atoms with Gasteiger partial charge >= 0.3 is 5.97 Å². The molecule has 0 saturated heterocycles. The highest BCUT2D eigenvalue weighted by atomic mass is 35.5. The minimum atomic E-state index is -0.529. The van der Waals surface area contributed by atoms with E-state index in [1.54, 1.807) is 11.5 Å². The summed E-state index contributed by atoms with van der Waals surface area (Å²) in [5.74, 6) is 0.444. The summed E-state index contributed by atoms with van der Waals surface area (Å²) in [6.45, 7) is 2.33. The molecule has 0 spiro atoms. The van der Waals surface area contributed by atoms with E-state index >= 15 is 0 Å². The van der Waals surface area contributed by atoms with Crippen molar-refractivity contribution in [2.24, 2.45) is 0 Å². The number of rotatable bonds is 3. The second-order valence-electron chi connectivity index (χ2n) is 3.68. The van der Waals surface area contributed by atoms with Crippen molar-refractivity contribution in [3.63, 3.8) is 0 Å². The molecule has 0 atom stereocenters. The minimum absolute atomic E-state index is 0.151. The monoisotopic (exact) mass is 285 g/mol. The van der Waals surface area contributed by atoms with Gasteiger partial charge in [0.1, 0.15) is 11.6 Å². The Morgan fingerprint density at radius 1 is 1.61 bits per heavy atom. The largest absolute Gasteiger partial charge is 0.464 e. The number of ether oxygens (including phenoxy) is 1. The lowest BCUT2D eigenvalue weighted by Gasteiger charge is -2.05. The Kier molecular flexibility index (Phi) is 3.58. The van der Waals surface area contributed by atoms with Gasteiger partial charge in [0.15, 0.2) is 5.69 Å². The zero-order valence-electron chi connectivity index (χ0n) is 9.94. The van der Waals surface area contributed by atoms with Crippen LogP contribution in [0.3, 0.4) is 0 Å². The summed E-state index contributed by atoms with van der Waals surface area (Å²) in [4.78, 5) is 16.6. The third-order valence-corrected chi connectivity index (χ3v) is 3.74. The Morgan fingerprint density at radius 3 is 2.89 bits per heavy atom. The van der Waals surface area contributed by atoms with Gasteiger partial charge in [0.25, 0.3) is 0 Å². The molecule has 96 valence electrons. The van der Waals surface area contributed by atoms with Crippen molar-refractivity contribution in [3.05, 3.63) is 32.9 Å². The Morgan fingerprint density at radius 2 is 2.33 bits per heavy atom. The molecule has 2 heterocycles. The molecular weight excluding hydrogens is 274 g/mol. The van der Waals surface area contributed by atoms with Gasteiger partial charge < -0.3 is 15.0 Å². The van der Waals surface area contributed by atoms with Crippen LogP contribution in [-0.2, 0) is 11.3 Å². The number of aryl methyl sites for hydroxylation is 1. The molecule has 2 rings (SSSR count). The van der Waals surface area contributed by atoms with Crippen molar-refractivity contribution in [1.82, 2.24) is 9.55 Å². The quantitative estimate of drug-likeness (QED) is 0.879. The molecule has 2 N–H and O–H groups in total. The average Bonchev–Trinajstić information content (AvgIpc) is 2.87. The number of carbonyl (C=O) groups excluding carboxylic acids is 1. The number of hydrogen-bond donors (Lipinski definition) is 1. The van der Waals surface area contributed by atoms with Crippen molar-refractivity contribution in [3.8, 4) is 0 Å². The van der Waals surface area contributed by atoms with Crippen LogP contribution in [0.2, 0.25) is 4.34 Å². The lowest BCUT2D eigenvalue weighted by molar-refractivity contribution is 0.0595. The molecule has 0 aliphatic carbocycles. The first-order valence-electron chi connectivity index (χ1n) is 5.18. The number of thiophene rings is 1. The molecule has 0 aliphatic heterocycles. The van der Waals surface area contributed by atoms with E-state index in [0.717, 1.165) is 9.21 Å². The van der Waals surface area contributed by atoms with Gasteiger partial charge in [0.2, 0.25) is 0 Å². The topological polar surface area (TPSA) is 70.1 Å². The summed E-state index contributed by atoms with van der Waals surface area (Å²) in [6.07, 6.45) is 0. The fourth-order valence-corrected chi connectivity index (χ4v) is 2.70. The van der Waals surface area contributed by atoms with Crippen LogP contribution in [0.15, 0.2) is 12.1 Å². The van der Waals surface area contributed by atoms with Crippen molar-refractivity contribution in [2.75, 3.05) is 12.8 Å². The number of nitrogens with zero attached hydrogens (tertiary/aromatic N) is 2. The van der Waals surface area contributed by atoms with E-state index < -0.39 is 5.97 Å². The smallest absolute Gasteiger partial charge is 0.360 e. The normalized spacial score (nSPS) is 10.6. The van der Waals surface area contributed by atoms with Gasteiger partial charge in [-0.3, -0.25) is 0 Å². The van der Waals surface area contributed by atoms with Gasteiger partial charge in [-0.15, -0.1) is 11.3 Å². The number of imidazole rings is 1. The highest BCUT2D eigenvalue weighted by Gasteiger charge is 2.19. The summed E-state index contributed by atoms with van der Waals surface area (Å²) < 4.78 is 7.10. The summed E-state index contributed by atoms with van der Waals surface area (Å²) in [7, 11) is 1.30. The van der Waals surface area contributed by atoms with Crippen LogP contribution in [0.1, 0.15) is 21.2 Å². The average molecular weight is 286 g/mol. The molecule has 0 saturated carbocycles. The number of nitrogens with two attached hydrogens (primary N) is 1.